The zero-order valence-electron chi connectivity index (χ0n) is 9.81. The number of amides is 1. The summed E-state index contributed by atoms with van der Waals surface area (Å²) in [7, 11) is 1.62. The van der Waals surface area contributed by atoms with Gasteiger partial charge in [-0.3, -0.25) is 4.79 Å². The lowest BCUT2D eigenvalue weighted by atomic mass is 10.2. The van der Waals surface area contributed by atoms with Gasteiger partial charge in [-0.25, -0.2) is 0 Å². The summed E-state index contributed by atoms with van der Waals surface area (Å²) in [6.07, 6.45) is 0. The van der Waals surface area contributed by atoms with Gasteiger partial charge in [-0.2, -0.15) is 8.78 Å². The van der Waals surface area contributed by atoms with Crippen molar-refractivity contribution in [1.29, 1.82) is 0 Å². The Balaban J connectivity index is 0.00000289. The first-order valence-corrected chi connectivity index (χ1v) is 5.00. The quantitative estimate of drug-likeness (QED) is 0.892. The lowest BCUT2D eigenvalue weighted by molar-refractivity contribution is -0.128. The van der Waals surface area contributed by atoms with E-state index in [2.05, 4.69) is 4.74 Å². The summed E-state index contributed by atoms with van der Waals surface area (Å²) >= 11 is 0. The van der Waals surface area contributed by atoms with Crippen molar-refractivity contribution < 1.29 is 18.3 Å². The minimum absolute atomic E-state index is 0. The van der Waals surface area contributed by atoms with E-state index in [0.717, 1.165) is 5.56 Å². The van der Waals surface area contributed by atoms with E-state index in [1.807, 2.05) is 0 Å². The lowest BCUT2D eigenvalue weighted by Gasteiger charge is -2.16. The average Bonchev–Trinajstić information content (AvgIpc) is 2.30. The molecule has 0 aliphatic heterocycles. The molecule has 1 amide bonds. The molecular weight excluding hydrogens is 266 g/mol. The highest BCUT2D eigenvalue weighted by molar-refractivity contribution is 5.85. The lowest BCUT2D eigenvalue weighted by Crippen LogP contribution is -2.32. The molecule has 2 N–H and O–H groups in total. The van der Waals surface area contributed by atoms with Crippen LogP contribution in [0.2, 0.25) is 0 Å². The Labute approximate surface area is 110 Å². The Morgan fingerprint density at radius 2 is 1.94 bits per heavy atom. The Morgan fingerprint density at radius 3 is 2.39 bits per heavy atom. The van der Waals surface area contributed by atoms with Crippen LogP contribution in [0.4, 0.5) is 8.78 Å². The van der Waals surface area contributed by atoms with E-state index in [0.29, 0.717) is 6.54 Å². The van der Waals surface area contributed by atoms with E-state index in [9.17, 15) is 13.6 Å². The number of carbonyl (C=O) groups is 1. The molecular formula is C11H15ClF2N2O2. The highest BCUT2D eigenvalue weighted by Gasteiger charge is 2.07. The Morgan fingerprint density at radius 1 is 1.39 bits per heavy atom. The van der Waals surface area contributed by atoms with Crippen LogP contribution in [-0.4, -0.2) is 31.0 Å². The molecule has 4 nitrogen and oxygen atoms in total. The topological polar surface area (TPSA) is 55.6 Å². The standard InChI is InChI=1S/C11H14F2N2O2.ClH/c1-15(10(16)6-14)7-8-2-4-9(5-3-8)17-11(12)13;/h2-5,11H,6-7,14H2,1H3;1H. The van der Waals surface area contributed by atoms with Crippen LogP contribution in [0.1, 0.15) is 5.56 Å². The van der Waals surface area contributed by atoms with E-state index in [-0.39, 0.29) is 30.6 Å². The van der Waals surface area contributed by atoms with E-state index in [4.69, 9.17) is 5.73 Å². The number of alkyl halides is 2. The monoisotopic (exact) mass is 280 g/mol. The number of halogens is 3. The summed E-state index contributed by atoms with van der Waals surface area (Å²) < 4.78 is 28.0. The second kappa shape index (κ2) is 7.84. The number of rotatable bonds is 5. The summed E-state index contributed by atoms with van der Waals surface area (Å²) in [5.74, 6) is -0.0885. The molecule has 0 fully saturated rings. The molecule has 0 heterocycles. The summed E-state index contributed by atoms with van der Waals surface area (Å²) in [6, 6.07) is 6.11. The summed E-state index contributed by atoms with van der Waals surface area (Å²) in [5.41, 5.74) is 6.03. The SMILES string of the molecule is CN(Cc1ccc(OC(F)F)cc1)C(=O)CN.Cl. The van der Waals surface area contributed by atoms with Gasteiger partial charge in [-0.05, 0) is 17.7 Å². The number of carbonyl (C=O) groups excluding carboxylic acids is 1. The molecule has 0 atom stereocenters. The number of benzene rings is 1. The fourth-order valence-corrected chi connectivity index (χ4v) is 1.29. The smallest absolute Gasteiger partial charge is 0.387 e. The van der Waals surface area contributed by atoms with Crippen LogP contribution in [0.25, 0.3) is 0 Å². The van der Waals surface area contributed by atoms with Gasteiger partial charge in [0, 0.05) is 13.6 Å². The maximum atomic E-state index is 11.9. The van der Waals surface area contributed by atoms with Crippen molar-refractivity contribution in [3.05, 3.63) is 29.8 Å². The summed E-state index contributed by atoms with van der Waals surface area (Å²) in [5, 5.41) is 0. The molecule has 1 aromatic rings. The molecule has 0 spiro atoms. The molecule has 1 rings (SSSR count). The van der Waals surface area contributed by atoms with Crippen molar-refractivity contribution in [2.45, 2.75) is 13.2 Å². The van der Waals surface area contributed by atoms with Gasteiger partial charge in [0.15, 0.2) is 0 Å². The second-order valence-corrected chi connectivity index (χ2v) is 3.48. The van der Waals surface area contributed by atoms with Gasteiger partial charge < -0.3 is 15.4 Å². The van der Waals surface area contributed by atoms with Gasteiger partial charge in [0.25, 0.3) is 0 Å². The molecule has 0 aliphatic carbocycles. The number of likely N-dealkylation sites (N-methyl/N-ethyl adjacent to an activating group) is 1. The van der Waals surface area contributed by atoms with E-state index < -0.39 is 6.61 Å². The largest absolute Gasteiger partial charge is 0.435 e. The third kappa shape index (κ3) is 5.29. The zero-order valence-corrected chi connectivity index (χ0v) is 10.6. The fourth-order valence-electron chi connectivity index (χ4n) is 1.29. The van der Waals surface area contributed by atoms with Crippen LogP contribution in [0.15, 0.2) is 24.3 Å². The van der Waals surface area contributed by atoms with Crippen molar-refractivity contribution in [3.8, 4) is 5.75 Å². The minimum Gasteiger partial charge on any atom is -0.435 e. The van der Waals surface area contributed by atoms with Crippen LogP contribution in [0.5, 0.6) is 5.75 Å². The maximum Gasteiger partial charge on any atom is 0.387 e. The number of nitrogens with zero attached hydrogens (tertiary/aromatic N) is 1. The molecule has 1 aromatic carbocycles. The molecule has 0 radical (unpaired) electrons. The number of hydrogen-bond donors (Lipinski definition) is 1. The van der Waals surface area contributed by atoms with E-state index in [1.54, 1.807) is 19.2 Å². The molecule has 102 valence electrons. The van der Waals surface area contributed by atoms with Gasteiger partial charge in [0.2, 0.25) is 5.91 Å². The maximum absolute atomic E-state index is 11.9. The van der Waals surface area contributed by atoms with Crippen LogP contribution in [0.3, 0.4) is 0 Å². The van der Waals surface area contributed by atoms with E-state index in [1.165, 1.54) is 17.0 Å². The molecule has 0 unspecified atom stereocenters. The van der Waals surface area contributed by atoms with Gasteiger partial charge >= 0.3 is 6.61 Å². The van der Waals surface area contributed by atoms with Crippen LogP contribution in [-0.2, 0) is 11.3 Å². The molecule has 0 aliphatic rings. The van der Waals surface area contributed by atoms with Crippen LogP contribution in [0, 0.1) is 0 Å². The number of nitrogens with two attached hydrogens (primary N) is 1. The first-order valence-electron chi connectivity index (χ1n) is 5.00. The second-order valence-electron chi connectivity index (χ2n) is 3.48. The Hall–Kier alpha value is -1.40. The van der Waals surface area contributed by atoms with Gasteiger partial charge in [-0.1, -0.05) is 12.1 Å². The van der Waals surface area contributed by atoms with Gasteiger partial charge in [0.05, 0.1) is 6.54 Å². The molecule has 0 aromatic heterocycles. The molecule has 0 bridgehead atoms. The van der Waals surface area contributed by atoms with Gasteiger partial charge in [-0.15, -0.1) is 12.4 Å². The zero-order chi connectivity index (χ0) is 12.8. The first kappa shape index (κ1) is 16.6. The van der Waals surface area contributed by atoms with Crippen molar-refractivity contribution in [1.82, 2.24) is 4.90 Å². The Bertz CT molecular complexity index is 374. The van der Waals surface area contributed by atoms with Gasteiger partial charge in [0.1, 0.15) is 5.75 Å². The van der Waals surface area contributed by atoms with Crippen molar-refractivity contribution in [2.24, 2.45) is 5.73 Å². The van der Waals surface area contributed by atoms with Crippen LogP contribution < -0.4 is 10.5 Å². The third-order valence-corrected chi connectivity index (χ3v) is 2.17. The van der Waals surface area contributed by atoms with Crippen molar-refractivity contribution in [2.75, 3.05) is 13.6 Å². The third-order valence-electron chi connectivity index (χ3n) is 2.17. The number of hydrogen-bond acceptors (Lipinski definition) is 3. The summed E-state index contributed by atoms with van der Waals surface area (Å²) in [4.78, 5) is 12.7. The average molecular weight is 281 g/mol. The highest BCUT2D eigenvalue weighted by atomic mass is 35.5. The van der Waals surface area contributed by atoms with Crippen LogP contribution >= 0.6 is 12.4 Å². The molecule has 0 saturated heterocycles. The minimum atomic E-state index is -2.83. The fraction of sp³-hybridized carbons (Fsp3) is 0.364. The highest BCUT2D eigenvalue weighted by Crippen LogP contribution is 2.15. The molecule has 18 heavy (non-hydrogen) atoms. The van der Waals surface area contributed by atoms with Crippen molar-refractivity contribution in [3.63, 3.8) is 0 Å². The predicted octanol–water partition coefficient (Wildman–Crippen LogP) is 1.63. The summed E-state index contributed by atoms with van der Waals surface area (Å²) in [6.45, 7) is -2.50. The van der Waals surface area contributed by atoms with E-state index >= 15 is 0 Å². The predicted molar refractivity (Wildman–Crippen MR) is 65.9 cm³/mol. The number of ether oxygens (including phenoxy) is 1. The van der Waals surface area contributed by atoms with Crippen molar-refractivity contribution >= 4 is 18.3 Å². The molecule has 7 heteroatoms. The normalized spacial score (nSPS) is 9.83. The first-order chi connectivity index (χ1) is 8.02. The Kier molecular flexibility index (Phi) is 7.23. The molecule has 0 saturated carbocycles.